The van der Waals surface area contributed by atoms with Crippen molar-refractivity contribution in [3.63, 3.8) is 0 Å². The number of fused-ring (bicyclic) bond motifs is 2. The summed E-state index contributed by atoms with van der Waals surface area (Å²) in [5.74, 6) is 1.77. The number of imidazole rings is 1. The fourth-order valence-corrected chi connectivity index (χ4v) is 3.00. The molecule has 22 heavy (non-hydrogen) atoms. The van der Waals surface area contributed by atoms with Crippen LogP contribution in [0, 0.1) is 0 Å². The fourth-order valence-electron chi connectivity index (χ4n) is 3.00. The van der Waals surface area contributed by atoms with E-state index in [9.17, 15) is 4.79 Å². The summed E-state index contributed by atoms with van der Waals surface area (Å²) in [6.45, 7) is 4.68. The van der Waals surface area contributed by atoms with Crippen molar-refractivity contribution in [1.29, 1.82) is 0 Å². The number of rotatable bonds is 2. The summed E-state index contributed by atoms with van der Waals surface area (Å²) < 4.78 is 2.17. The van der Waals surface area contributed by atoms with E-state index in [2.05, 4.69) is 31.3 Å². The molecule has 2 aromatic heterocycles. The molecule has 0 unspecified atom stereocenters. The lowest BCUT2D eigenvalue weighted by atomic mass is 10.2. The molecule has 0 aliphatic carbocycles. The van der Waals surface area contributed by atoms with Gasteiger partial charge in [-0.1, -0.05) is 12.1 Å². The standard InChI is InChI=1S/C16H17N5O/c1-11(21-9-8-20-7-6-17-14(20)10-21)15-18-13-5-3-2-4-12(13)16(22)19-15/h2-7,11H,8-10H2,1H3,(H,18,19,22)/t11-/m0/s1. The maximum atomic E-state index is 12.2. The van der Waals surface area contributed by atoms with E-state index in [1.54, 1.807) is 6.07 Å². The summed E-state index contributed by atoms with van der Waals surface area (Å²) in [5, 5.41) is 0.632. The van der Waals surface area contributed by atoms with Crippen molar-refractivity contribution in [2.24, 2.45) is 0 Å². The van der Waals surface area contributed by atoms with Crippen LogP contribution in [0.3, 0.4) is 0 Å². The summed E-state index contributed by atoms with van der Waals surface area (Å²) in [5.41, 5.74) is 0.664. The van der Waals surface area contributed by atoms with Crippen LogP contribution in [-0.2, 0) is 13.1 Å². The van der Waals surface area contributed by atoms with E-state index < -0.39 is 0 Å². The van der Waals surface area contributed by atoms with Crippen molar-refractivity contribution in [2.75, 3.05) is 6.54 Å². The van der Waals surface area contributed by atoms with Crippen molar-refractivity contribution in [1.82, 2.24) is 24.4 Å². The lowest BCUT2D eigenvalue weighted by Crippen LogP contribution is -2.36. The number of aromatic nitrogens is 4. The minimum atomic E-state index is -0.0778. The highest BCUT2D eigenvalue weighted by Crippen LogP contribution is 2.22. The Bertz CT molecular complexity index is 881. The molecule has 3 heterocycles. The minimum absolute atomic E-state index is 0.0442. The first kappa shape index (κ1) is 13.2. The van der Waals surface area contributed by atoms with Crippen LogP contribution >= 0.6 is 0 Å². The zero-order valence-electron chi connectivity index (χ0n) is 12.4. The van der Waals surface area contributed by atoms with Gasteiger partial charge in [-0.25, -0.2) is 9.97 Å². The molecular formula is C16H17N5O. The van der Waals surface area contributed by atoms with Crippen LogP contribution in [0.4, 0.5) is 0 Å². The summed E-state index contributed by atoms with van der Waals surface area (Å²) in [7, 11) is 0. The highest BCUT2D eigenvalue weighted by molar-refractivity contribution is 5.77. The number of nitrogens with zero attached hydrogens (tertiary/aromatic N) is 4. The van der Waals surface area contributed by atoms with Gasteiger partial charge in [0.1, 0.15) is 11.6 Å². The lowest BCUT2D eigenvalue weighted by Gasteiger charge is -2.32. The van der Waals surface area contributed by atoms with Gasteiger partial charge in [-0.15, -0.1) is 0 Å². The van der Waals surface area contributed by atoms with Gasteiger partial charge < -0.3 is 9.55 Å². The van der Waals surface area contributed by atoms with Gasteiger partial charge in [0.25, 0.3) is 5.56 Å². The summed E-state index contributed by atoms with van der Waals surface area (Å²) in [6.07, 6.45) is 3.84. The minimum Gasteiger partial charge on any atom is -0.333 e. The molecule has 1 aliphatic rings. The third-order valence-corrected chi connectivity index (χ3v) is 4.35. The summed E-state index contributed by atoms with van der Waals surface area (Å²) >= 11 is 0. The Morgan fingerprint density at radius 1 is 1.27 bits per heavy atom. The molecular weight excluding hydrogens is 278 g/mol. The highest BCUT2D eigenvalue weighted by Gasteiger charge is 2.24. The molecule has 0 bridgehead atoms. The highest BCUT2D eigenvalue weighted by atomic mass is 16.1. The Labute approximate surface area is 127 Å². The van der Waals surface area contributed by atoms with Crippen LogP contribution < -0.4 is 5.56 Å². The van der Waals surface area contributed by atoms with Gasteiger partial charge in [0.15, 0.2) is 0 Å². The summed E-state index contributed by atoms with van der Waals surface area (Å²) in [4.78, 5) is 26.4. The lowest BCUT2D eigenvalue weighted by molar-refractivity contribution is 0.157. The maximum absolute atomic E-state index is 12.2. The molecule has 0 saturated heterocycles. The molecule has 1 aliphatic heterocycles. The Balaban J connectivity index is 1.69. The monoisotopic (exact) mass is 295 g/mol. The molecule has 3 aromatic rings. The quantitative estimate of drug-likeness (QED) is 0.781. The predicted octanol–water partition coefficient (Wildman–Crippen LogP) is 1.70. The fraction of sp³-hybridized carbons (Fsp3) is 0.312. The van der Waals surface area contributed by atoms with Gasteiger partial charge in [0, 0.05) is 25.5 Å². The van der Waals surface area contributed by atoms with E-state index in [0.29, 0.717) is 11.2 Å². The second-order valence-corrected chi connectivity index (χ2v) is 5.65. The third-order valence-electron chi connectivity index (χ3n) is 4.35. The number of nitrogens with one attached hydrogen (secondary N) is 1. The van der Waals surface area contributed by atoms with Crippen LogP contribution in [0.2, 0.25) is 0 Å². The van der Waals surface area contributed by atoms with Gasteiger partial charge in [-0.2, -0.15) is 0 Å². The molecule has 1 atom stereocenters. The van der Waals surface area contributed by atoms with Crippen LogP contribution in [0.15, 0.2) is 41.5 Å². The maximum Gasteiger partial charge on any atom is 0.258 e. The molecule has 0 spiro atoms. The first-order chi connectivity index (χ1) is 10.7. The second-order valence-electron chi connectivity index (χ2n) is 5.65. The normalized spacial score (nSPS) is 16.6. The number of hydrogen-bond acceptors (Lipinski definition) is 4. The van der Waals surface area contributed by atoms with Crippen LogP contribution in [0.1, 0.15) is 24.6 Å². The Morgan fingerprint density at radius 3 is 3.05 bits per heavy atom. The average molecular weight is 295 g/mol. The predicted molar refractivity (Wildman–Crippen MR) is 83.4 cm³/mol. The average Bonchev–Trinajstić information content (AvgIpc) is 3.01. The molecule has 0 amide bonds. The van der Waals surface area contributed by atoms with Gasteiger partial charge in [0.2, 0.25) is 0 Å². The Morgan fingerprint density at radius 2 is 2.14 bits per heavy atom. The molecule has 1 N–H and O–H groups in total. The molecule has 4 rings (SSSR count). The number of H-pyrrole nitrogens is 1. The van der Waals surface area contributed by atoms with E-state index >= 15 is 0 Å². The van der Waals surface area contributed by atoms with Crippen LogP contribution in [0.25, 0.3) is 10.9 Å². The third kappa shape index (κ3) is 2.12. The molecule has 0 fully saturated rings. The van der Waals surface area contributed by atoms with Crippen molar-refractivity contribution in [3.05, 3.63) is 58.7 Å². The first-order valence-electron chi connectivity index (χ1n) is 7.45. The zero-order chi connectivity index (χ0) is 15.1. The van der Waals surface area contributed by atoms with Crippen molar-refractivity contribution >= 4 is 10.9 Å². The van der Waals surface area contributed by atoms with Gasteiger partial charge in [-0.05, 0) is 19.1 Å². The van der Waals surface area contributed by atoms with Crippen LogP contribution in [0.5, 0.6) is 0 Å². The van der Waals surface area contributed by atoms with Gasteiger partial charge in [-0.3, -0.25) is 9.69 Å². The molecule has 112 valence electrons. The largest absolute Gasteiger partial charge is 0.333 e. The number of aromatic amines is 1. The van der Waals surface area contributed by atoms with Crippen molar-refractivity contribution < 1.29 is 0 Å². The molecule has 1 aromatic carbocycles. The Kier molecular flexibility index (Phi) is 3.04. The van der Waals surface area contributed by atoms with Gasteiger partial charge in [0.05, 0.1) is 23.5 Å². The first-order valence-corrected chi connectivity index (χ1v) is 7.45. The van der Waals surface area contributed by atoms with E-state index in [4.69, 9.17) is 0 Å². The molecule has 6 heteroatoms. The Hall–Kier alpha value is -2.47. The molecule has 0 saturated carbocycles. The van der Waals surface area contributed by atoms with Crippen LogP contribution in [-0.4, -0.2) is 31.0 Å². The summed E-state index contributed by atoms with van der Waals surface area (Å²) in [6, 6.07) is 7.48. The van der Waals surface area contributed by atoms with E-state index in [1.165, 1.54) is 0 Å². The zero-order valence-corrected chi connectivity index (χ0v) is 12.4. The van der Waals surface area contributed by atoms with E-state index in [0.717, 1.165) is 31.0 Å². The van der Waals surface area contributed by atoms with Crippen molar-refractivity contribution in [3.8, 4) is 0 Å². The number of hydrogen-bond donors (Lipinski definition) is 1. The SMILES string of the molecule is C[C@@H](c1nc2ccccc2c(=O)[nH]1)N1CCn2ccnc2C1. The second kappa shape index (κ2) is 5.06. The van der Waals surface area contributed by atoms with Gasteiger partial charge >= 0.3 is 0 Å². The number of benzene rings is 1. The topological polar surface area (TPSA) is 66.8 Å². The molecule has 0 radical (unpaired) electrons. The van der Waals surface area contributed by atoms with Crippen molar-refractivity contribution in [2.45, 2.75) is 26.1 Å². The number of para-hydroxylation sites is 1. The molecule has 6 nitrogen and oxygen atoms in total. The van der Waals surface area contributed by atoms with E-state index in [-0.39, 0.29) is 11.6 Å². The smallest absolute Gasteiger partial charge is 0.258 e. The van der Waals surface area contributed by atoms with E-state index in [1.807, 2.05) is 30.6 Å².